The third-order valence-corrected chi connectivity index (χ3v) is 2.72. The lowest BCUT2D eigenvalue weighted by Gasteiger charge is -2.07. The Morgan fingerprint density at radius 2 is 1.45 bits per heavy atom. The summed E-state index contributed by atoms with van der Waals surface area (Å²) in [6.45, 7) is 0.0214. The van der Waals surface area contributed by atoms with Crippen LogP contribution in [0.3, 0.4) is 0 Å². The van der Waals surface area contributed by atoms with E-state index < -0.39 is 0 Å². The molecule has 20 heavy (non-hydrogen) atoms. The molecule has 0 atom stereocenters. The van der Waals surface area contributed by atoms with Crippen LogP contribution in [0.5, 0.6) is 0 Å². The highest BCUT2D eigenvalue weighted by Gasteiger charge is 2.06. The van der Waals surface area contributed by atoms with Crippen molar-refractivity contribution in [1.29, 1.82) is 0 Å². The number of Topliss-reactive ketones (excluding diaryl/α,β-unsaturated/α-hetero) is 1. The lowest BCUT2D eigenvalue weighted by molar-refractivity contribution is -0.117. The minimum atomic E-state index is -0.377. The number of rotatable bonds is 5. The van der Waals surface area contributed by atoms with Crippen LogP contribution < -0.4 is 10.6 Å². The van der Waals surface area contributed by atoms with E-state index in [1.54, 1.807) is 12.1 Å². The minimum Gasteiger partial charge on any atom is -0.331 e. The third kappa shape index (κ3) is 4.57. The maximum absolute atomic E-state index is 11.7. The molecule has 0 radical (unpaired) electrons. The minimum absolute atomic E-state index is 0.0214. The summed E-state index contributed by atoms with van der Waals surface area (Å²) in [7, 11) is 0. The molecule has 2 aromatic carbocycles. The molecule has 2 aromatic rings. The highest BCUT2D eigenvalue weighted by Crippen LogP contribution is 2.04. The average molecular weight is 268 g/mol. The molecule has 2 rings (SSSR count). The van der Waals surface area contributed by atoms with Crippen molar-refractivity contribution in [2.75, 3.05) is 11.9 Å². The summed E-state index contributed by atoms with van der Waals surface area (Å²) in [5, 5.41) is 5.21. The number of amides is 2. The van der Waals surface area contributed by atoms with Gasteiger partial charge in [0.2, 0.25) is 0 Å². The molecule has 0 saturated carbocycles. The van der Waals surface area contributed by atoms with Gasteiger partial charge in [0, 0.05) is 12.1 Å². The molecule has 0 saturated heterocycles. The zero-order valence-corrected chi connectivity index (χ0v) is 11.0. The summed E-state index contributed by atoms with van der Waals surface area (Å²) < 4.78 is 0. The first-order valence-electron chi connectivity index (χ1n) is 6.39. The Bertz CT molecular complexity index is 514. The molecule has 0 unspecified atom stereocenters. The summed E-state index contributed by atoms with van der Waals surface area (Å²) in [5.74, 6) is -0.0283. The molecule has 4 nitrogen and oxygen atoms in total. The summed E-state index contributed by atoms with van der Waals surface area (Å²) in [5.41, 5.74) is 1.64. The average Bonchev–Trinajstić information content (AvgIpc) is 2.47. The number of para-hydroxylation sites is 1. The molecular formula is C16H16N2O2. The molecule has 0 aliphatic heterocycles. The van der Waals surface area contributed by atoms with Crippen molar-refractivity contribution in [2.24, 2.45) is 0 Å². The molecule has 0 heterocycles. The number of anilines is 1. The summed E-state index contributed by atoms with van der Waals surface area (Å²) >= 11 is 0. The van der Waals surface area contributed by atoms with Gasteiger partial charge in [-0.3, -0.25) is 4.79 Å². The first-order valence-corrected chi connectivity index (χ1v) is 6.39. The Kier molecular flexibility index (Phi) is 4.89. The van der Waals surface area contributed by atoms with Gasteiger partial charge < -0.3 is 10.6 Å². The number of hydrogen-bond donors (Lipinski definition) is 2. The Balaban J connectivity index is 1.75. The molecule has 0 bridgehead atoms. The summed E-state index contributed by atoms with van der Waals surface area (Å²) in [4.78, 5) is 23.3. The van der Waals surface area contributed by atoms with Crippen LogP contribution in [0.15, 0.2) is 60.7 Å². The van der Waals surface area contributed by atoms with Crippen molar-refractivity contribution in [3.63, 3.8) is 0 Å². The van der Waals surface area contributed by atoms with Crippen LogP contribution in [-0.2, 0) is 11.2 Å². The van der Waals surface area contributed by atoms with Crippen LogP contribution in [0, 0.1) is 0 Å². The molecule has 2 N–H and O–H groups in total. The number of carbonyl (C=O) groups excluding carboxylic acids is 2. The van der Waals surface area contributed by atoms with Gasteiger partial charge in [0.05, 0.1) is 6.54 Å². The summed E-state index contributed by atoms with van der Waals surface area (Å²) in [6, 6.07) is 18.2. The third-order valence-electron chi connectivity index (χ3n) is 2.72. The predicted molar refractivity (Wildman–Crippen MR) is 78.6 cm³/mol. The van der Waals surface area contributed by atoms with Gasteiger partial charge in [-0.1, -0.05) is 48.5 Å². The van der Waals surface area contributed by atoms with Crippen LogP contribution in [-0.4, -0.2) is 18.4 Å². The molecular weight excluding hydrogens is 252 g/mol. The second kappa shape index (κ2) is 7.09. The molecule has 0 fully saturated rings. The van der Waals surface area contributed by atoms with E-state index in [-0.39, 0.29) is 18.4 Å². The lowest BCUT2D eigenvalue weighted by atomic mass is 10.1. The first-order chi connectivity index (χ1) is 9.74. The molecule has 2 amide bonds. The van der Waals surface area contributed by atoms with Gasteiger partial charge in [0.15, 0.2) is 5.78 Å². The van der Waals surface area contributed by atoms with Gasteiger partial charge >= 0.3 is 6.03 Å². The van der Waals surface area contributed by atoms with E-state index >= 15 is 0 Å². The number of carbonyl (C=O) groups is 2. The molecule has 4 heteroatoms. The van der Waals surface area contributed by atoms with Gasteiger partial charge in [0.1, 0.15) is 0 Å². The zero-order chi connectivity index (χ0) is 14.2. The maximum atomic E-state index is 11.7. The molecule has 0 spiro atoms. The van der Waals surface area contributed by atoms with Gasteiger partial charge in [0.25, 0.3) is 0 Å². The second-order valence-electron chi connectivity index (χ2n) is 4.37. The van der Waals surface area contributed by atoms with Gasteiger partial charge in [-0.2, -0.15) is 0 Å². The largest absolute Gasteiger partial charge is 0.331 e. The molecule has 0 aliphatic rings. The lowest BCUT2D eigenvalue weighted by Crippen LogP contribution is -2.33. The Hall–Kier alpha value is -2.62. The van der Waals surface area contributed by atoms with E-state index in [2.05, 4.69) is 10.6 Å². The van der Waals surface area contributed by atoms with E-state index in [1.165, 1.54) is 0 Å². The number of nitrogens with one attached hydrogen (secondary N) is 2. The van der Waals surface area contributed by atoms with Crippen molar-refractivity contribution in [2.45, 2.75) is 6.42 Å². The topological polar surface area (TPSA) is 58.2 Å². The van der Waals surface area contributed by atoms with Crippen LogP contribution in [0.2, 0.25) is 0 Å². The fraction of sp³-hybridized carbons (Fsp3) is 0.125. The number of hydrogen-bond acceptors (Lipinski definition) is 2. The Morgan fingerprint density at radius 3 is 2.10 bits per heavy atom. The van der Waals surface area contributed by atoms with Crippen LogP contribution in [0.25, 0.3) is 0 Å². The van der Waals surface area contributed by atoms with Gasteiger partial charge in [-0.05, 0) is 17.7 Å². The first kappa shape index (κ1) is 13.8. The zero-order valence-electron chi connectivity index (χ0n) is 11.0. The van der Waals surface area contributed by atoms with Crippen molar-refractivity contribution in [3.05, 3.63) is 66.2 Å². The predicted octanol–water partition coefficient (Wildman–Crippen LogP) is 2.62. The number of ketones is 1. The molecule has 0 aromatic heterocycles. The van der Waals surface area contributed by atoms with Gasteiger partial charge in [-0.15, -0.1) is 0 Å². The van der Waals surface area contributed by atoms with E-state index in [1.807, 2.05) is 48.5 Å². The van der Waals surface area contributed by atoms with Crippen LogP contribution >= 0.6 is 0 Å². The summed E-state index contributed by atoms with van der Waals surface area (Å²) in [6.07, 6.45) is 0.326. The fourth-order valence-corrected chi connectivity index (χ4v) is 1.76. The fourth-order valence-electron chi connectivity index (χ4n) is 1.76. The quantitative estimate of drug-likeness (QED) is 0.875. The monoisotopic (exact) mass is 268 g/mol. The highest BCUT2D eigenvalue weighted by atomic mass is 16.2. The highest BCUT2D eigenvalue weighted by molar-refractivity contribution is 5.93. The van der Waals surface area contributed by atoms with E-state index in [0.29, 0.717) is 12.1 Å². The van der Waals surface area contributed by atoms with Crippen molar-refractivity contribution in [3.8, 4) is 0 Å². The van der Waals surface area contributed by atoms with E-state index in [9.17, 15) is 9.59 Å². The molecule has 102 valence electrons. The normalized spacial score (nSPS) is 9.80. The van der Waals surface area contributed by atoms with Crippen LogP contribution in [0.1, 0.15) is 5.56 Å². The van der Waals surface area contributed by atoms with Gasteiger partial charge in [-0.25, -0.2) is 4.79 Å². The van der Waals surface area contributed by atoms with Crippen LogP contribution in [0.4, 0.5) is 10.5 Å². The maximum Gasteiger partial charge on any atom is 0.319 e. The van der Waals surface area contributed by atoms with E-state index in [4.69, 9.17) is 0 Å². The number of benzene rings is 2. The standard InChI is InChI=1S/C16H16N2O2/c19-15(11-13-7-3-1-4-8-13)12-17-16(20)18-14-9-5-2-6-10-14/h1-10H,11-12H2,(H2,17,18,20). The second-order valence-corrected chi connectivity index (χ2v) is 4.37. The smallest absolute Gasteiger partial charge is 0.319 e. The van der Waals surface area contributed by atoms with Crippen molar-refractivity contribution < 1.29 is 9.59 Å². The number of urea groups is 1. The molecule has 0 aliphatic carbocycles. The Labute approximate surface area is 117 Å². The van der Waals surface area contributed by atoms with Crippen molar-refractivity contribution in [1.82, 2.24) is 5.32 Å². The van der Waals surface area contributed by atoms with E-state index in [0.717, 1.165) is 5.56 Å². The SMILES string of the molecule is O=C(CNC(=O)Nc1ccccc1)Cc1ccccc1. The van der Waals surface area contributed by atoms with Crippen molar-refractivity contribution >= 4 is 17.5 Å². The Morgan fingerprint density at radius 1 is 0.850 bits per heavy atom.